The first kappa shape index (κ1) is 15.6. The predicted octanol–water partition coefficient (Wildman–Crippen LogP) is 0.633. The van der Waals surface area contributed by atoms with Crippen LogP contribution < -0.4 is 11.1 Å². The van der Waals surface area contributed by atoms with Crippen molar-refractivity contribution < 1.29 is 9.00 Å². The molecule has 2 unspecified atom stereocenters. The Balaban J connectivity index is 4.09. The number of carbonyl (C=O) groups excluding carboxylic acids is 1. The van der Waals surface area contributed by atoms with Crippen molar-refractivity contribution in [3.63, 3.8) is 0 Å². The second-order valence-electron chi connectivity index (χ2n) is 5.32. The molecule has 96 valence electrons. The highest BCUT2D eigenvalue weighted by atomic mass is 32.2. The van der Waals surface area contributed by atoms with Gasteiger partial charge in [-0.25, -0.2) is 0 Å². The maximum absolute atomic E-state index is 11.7. The summed E-state index contributed by atoms with van der Waals surface area (Å²) < 4.78 is 10.9. The van der Waals surface area contributed by atoms with Crippen LogP contribution in [0, 0.1) is 5.41 Å². The molecule has 0 rings (SSSR count). The third-order valence-electron chi connectivity index (χ3n) is 2.44. The lowest BCUT2D eigenvalue weighted by Crippen LogP contribution is -2.51. The highest BCUT2D eigenvalue weighted by Crippen LogP contribution is 2.17. The zero-order valence-corrected chi connectivity index (χ0v) is 11.7. The van der Waals surface area contributed by atoms with E-state index in [1.54, 1.807) is 6.26 Å². The average Bonchev–Trinajstić information content (AvgIpc) is 2.11. The van der Waals surface area contributed by atoms with Crippen molar-refractivity contribution in [3.05, 3.63) is 0 Å². The Kier molecular flexibility index (Phi) is 6.18. The van der Waals surface area contributed by atoms with E-state index in [4.69, 9.17) is 5.73 Å². The van der Waals surface area contributed by atoms with E-state index in [-0.39, 0.29) is 17.4 Å². The van der Waals surface area contributed by atoms with Crippen molar-refractivity contribution in [1.82, 2.24) is 5.32 Å². The standard InChI is InChI=1S/C11H24N2O2S/c1-8(6-7-16(5)15)13-10(14)9(12)11(2,3)4/h8-9H,6-7,12H2,1-5H3,(H,13,14)/t8?,9-,16?/m0/s1. The zero-order chi connectivity index (χ0) is 12.9. The highest BCUT2D eigenvalue weighted by Gasteiger charge is 2.27. The van der Waals surface area contributed by atoms with Gasteiger partial charge >= 0.3 is 0 Å². The number of hydrogen-bond acceptors (Lipinski definition) is 3. The minimum Gasteiger partial charge on any atom is -0.352 e. The molecule has 3 N–H and O–H groups in total. The number of amides is 1. The molecule has 5 heteroatoms. The van der Waals surface area contributed by atoms with E-state index < -0.39 is 16.8 Å². The maximum atomic E-state index is 11.7. The van der Waals surface area contributed by atoms with Gasteiger partial charge in [0.1, 0.15) is 0 Å². The Morgan fingerprint density at radius 2 is 1.94 bits per heavy atom. The van der Waals surface area contributed by atoms with Crippen LogP contribution in [0.1, 0.15) is 34.1 Å². The van der Waals surface area contributed by atoms with Gasteiger partial charge in [-0.15, -0.1) is 0 Å². The molecule has 0 aromatic rings. The van der Waals surface area contributed by atoms with Gasteiger partial charge in [0, 0.05) is 28.9 Å². The molecule has 3 atom stereocenters. The molecule has 0 saturated carbocycles. The van der Waals surface area contributed by atoms with Crippen LogP contribution in [-0.4, -0.2) is 34.2 Å². The van der Waals surface area contributed by atoms with Gasteiger partial charge in [0.25, 0.3) is 0 Å². The third-order valence-corrected chi connectivity index (χ3v) is 3.25. The molecular weight excluding hydrogens is 224 g/mol. The van der Waals surface area contributed by atoms with Crippen LogP contribution in [0.4, 0.5) is 0 Å². The number of nitrogens with one attached hydrogen (secondary N) is 1. The van der Waals surface area contributed by atoms with Crippen molar-refractivity contribution in [2.45, 2.75) is 46.2 Å². The number of carbonyl (C=O) groups is 1. The summed E-state index contributed by atoms with van der Waals surface area (Å²) in [6.45, 7) is 7.70. The molecule has 0 aliphatic heterocycles. The van der Waals surface area contributed by atoms with Gasteiger partial charge in [-0.1, -0.05) is 20.8 Å². The largest absolute Gasteiger partial charge is 0.352 e. The molecule has 0 heterocycles. The number of nitrogens with two attached hydrogens (primary N) is 1. The van der Waals surface area contributed by atoms with Crippen LogP contribution in [0.25, 0.3) is 0 Å². The fraction of sp³-hybridized carbons (Fsp3) is 0.909. The summed E-state index contributed by atoms with van der Waals surface area (Å²) >= 11 is 0. The SMILES string of the molecule is CC(CCS(C)=O)NC(=O)[C@H](N)C(C)(C)C. The fourth-order valence-corrected chi connectivity index (χ4v) is 1.83. The molecule has 0 fully saturated rings. The monoisotopic (exact) mass is 248 g/mol. The molecule has 0 aromatic carbocycles. The Bertz CT molecular complexity index is 261. The molecule has 0 aliphatic carbocycles. The first-order valence-electron chi connectivity index (χ1n) is 5.50. The van der Waals surface area contributed by atoms with Gasteiger partial charge in [-0.2, -0.15) is 0 Å². The normalized spacial score (nSPS) is 17.6. The van der Waals surface area contributed by atoms with Crippen LogP contribution in [0.3, 0.4) is 0 Å². The summed E-state index contributed by atoms with van der Waals surface area (Å²) in [7, 11) is -0.811. The van der Waals surface area contributed by atoms with Crippen LogP contribution in [0.2, 0.25) is 0 Å². The molecular formula is C11H24N2O2S. The topological polar surface area (TPSA) is 72.2 Å². The van der Waals surface area contributed by atoms with E-state index >= 15 is 0 Å². The second-order valence-corrected chi connectivity index (χ2v) is 6.87. The highest BCUT2D eigenvalue weighted by molar-refractivity contribution is 7.84. The average molecular weight is 248 g/mol. The summed E-state index contributed by atoms with van der Waals surface area (Å²) in [5, 5.41) is 2.84. The summed E-state index contributed by atoms with van der Waals surface area (Å²) in [6, 6.07) is -0.494. The molecule has 0 aromatic heterocycles. The Labute approximate surface area is 101 Å². The maximum Gasteiger partial charge on any atom is 0.237 e. The van der Waals surface area contributed by atoms with Gasteiger partial charge in [0.2, 0.25) is 5.91 Å². The van der Waals surface area contributed by atoms with E-state index in [0.29, 0.717) is 12.2 Å². The molecule has 4 nitrogen and oxygen atoms in total. The van der Waals surface area contributed by atoms with Crippen LogP contribution >= 0.6 is 0 Å². The number of rotatable bonds is 5. The van der Waals surface area contributed by atoms with Gasteiger partial charge in [-0.05, 0) is 18.8 Å². The molecule has 1 amide bonds. The van der Waals surface area contributed by atoms with E-state index in [1.807, 2.05) is 27.7 Å². The minimum atomic E-state index is -0.811. The van der Waals surface area contributed by atoms with E-state index in [2.05, 4.69) is 5.32 Å². The lowest BCUT2D eigenvalue weighted by molar-refractivity contribution is -0.125. The lowest BCUT2D eigenvalue weighted by atomic mass is 9.87. The summed E-state index contributed by atoms with van der Waals surface area (Å²) in [4.78, 5) is 11.7. The van der Waals surface area contributed by atoms with Crippen LogP contribution in [0.5, 0.6) is 0 Å². The third kappa shape index (κ3) is 6.23. The smallest absolute Gasteiger partial charge is 0.237 e. The summed E-state index contributed by atoms with van der Waals surface area (Å²) in [5.74, 6) is 0.466. The van der Waals surface area contributed by atoms with Gasteiger partial charge < -0.3 is 11.1 Å². The van der Waals surface area contributed by atoms with Crippen LogP contribution in [0.15, 0.2) is 0 Å². The first-order valence-corrected chi connectivity index (χ1v) is 7.23. The summed E-state index contributed by atoms with van der Waals surface area (Å²) in [6.07, 6.45) is 2.38. The number of hydrogen-bond donors (Lipinski definition) is 2. The van der Waals surface area contributed by atoms with Crippen LogP contribution in [-0.2, 0) is 15.6 Å². The molecule has 0 bridgehead atoms. The van der Waals surface area contributed by atoms with Gasteiger partial charge in [0.15, 0.2) is 0 Å². The quantitative estimate of drug-likeness (QED) is 0.749. The Hall–Kier alpha value is -0.420. The van der Waals surface area contributed by atoms with Gasteiger partial charge in [0.05, 0.1) is 6.04 Å². The zero-order valence-electron chi connectivity index (χ0n) is 10.9. The van der Waals surface area contributed by atoms with E-state index in [0.717, 1.165) is 0 Å². The lowest BCUT2D eigenvalue weighted by Gasteiger charge is -2.27. The predicted molar refractivity (Wildman–Crippen MR) is 68.6 cm³/mol. The summed E-state index contributed by atoms with van der Waals surface area (Å²) in [5.41, 5.74) is 5.59. The fourth-order valence-electron chi connectivity index (χ4n) is 1.14. The van der Waals surface area contributed by atoms with E-state index in [1.165, 1.54) is 0 Å². The molecule has 0 aliphatic rings. The van der Waals surface area contributed by atoms with Crippen molar-refractivity contribution in [2.24, 2.45) is 11.1 Å². The van der Waals surface area contributed by atoms with Crippen molar-refractivity contribution in [1.29, 1.82) is 0 Å². The molecule has 16 heavy (non-hydrogen) atoms. The molecule has 0 saturated heterocycles. The first-order chi connectivity index (χ1) is 7.14. The van der Waals surface area contributed by atoms with E-state index in [9.17, 15) is 9.00 Å². The van der Waals surface area contributed by atoms with Crippen molar-refractivity contribution >= 4 is 16.7 Å². The second kappa shape index (κ2) is 6.35. The van der Waals surface area contributed by atoms with Crippen molar-refractivity contribution in [2.75, 3.05) is 12.0 Å². The Morgan fingerprint density at radius 1 is 1.44 bits per heavy atom. The minimum absolute atomic E-state index is 0.0183. The molecule has 0 radical (unpaired) electrons. The van der Waals surface area contributed by atoms with Crippen molar-refractivity contribution in [3.8, 4) is 0 Å². The Morgan fingerprint density at radius 3 is 2.31 bits per heavy atom. The van der Waals surface area contributed by atoms with Gasteiger partial charge in [-0.3, -0.25) is 9.00 Å². The molecule has 0 spiro atoms.